The molecule has 0 spiro atoms. The third-order valence-corrected chi connectivity index (χ3v) is 6.45. The van der Waals surface area contributed by atoms with Crippen molar-refractivity contribution in [3.8, 4) is 0 Å². The monoisotopic (exact) mass is 397 g/mol. The molecule has 0 aromatic heterocycles. The van der Waals surface area contributed by atoms with Crippen molar-refractivity contribution < 1.29 is 5.06 Å². The lowest BCUT2D eigenvalue weighted by molar-refractivity contribution is -0.898. The standard InChI is InChI=1S/C26H55NO/c1-5-7-9-11-13-15-17-19-21-23-25(3)27(28)26(4)24-22-20-18-16-14-12-10-8-6-2/h25-27H,5-24H2,1-4H3. The molecule has 0 saturated carbocycles. The fraction of sp³-hybridized carbons (Fsp3) is 1.00. The van der Waals surface area contributed by atoms with Crippen LogP contribution >= 0.6 is 0 Å². The van der Waals surface area contributed by atoms with E-state index in [1.54, 1.807) is 0 Å². The van der Waals surface area contributed by atoms with Crippen LogP contribution in [0.4, 0.5) is 0 Å². The van der Waals surface area contributed by atoms with E-state index in [-0.39, 0.29) is 12.1 Å². The highest BCUT2D eigenvalue weighted by molar-refractivity contribution is 4.57. The second-order valence-electron chi connectivity index (χ2n) is 9.44. The van der Waals surface area contributed by atoms with E-state index < -0.39 is 0 Å². The quantitative estimate of drug-likeness (QED) is 0.145. The van der Waals surface area contributed by atoms with Gasteiger partial charge in [-0.25, -0.2) is 0 Å². The van der Waals surface area contributed by atoms with Gasteiger partial charge in [0.1, 0.15) is 0 Å². The Morgan fingerprint density at radius 1 is 0.464 bits per heavy atom. The second-order valence-corrected chi connectivity index (χ2v) is 9.44. The molecule has 0 aromatic carbocycles. The van der Waals surface area contributed by atoms with E-state index in [0.29, 0.717) is 5.06 Å². The van der Waals surface area contributed by atoms with E-state index in [1.807, 2.05) is 0 Å². The minimum atomic E-state index is 0.276. The minimum absolute atomic E-state index is 0.276. The molecule has 0 bridgehead atoms. The summed E-state index contributed by atoms with van der Waals surface area (Å²) in [4.78, 5) is 0. The van der Waals surface area contributed by atoms with Gasteiger partial charge in [-0.15, -0.1) is 0 Å². The van der Waals surface area contributed by atoms with E-state index in [1.165, 1.54) is 116 Å². The molecule has 0 aliphatic carbocycles. The number of quaternary nitrogens is 1. The molecule has 2 atom stereocenters. The third-order valence-electron chi connectivity index (χ3n) is 6.45. The summed E-state index contributed by atoms with van der Waals surface area (Å²) in [6.45, 7) is 8.89. The first-order valence-electron chi connectivity index (χ1n) is 13.2. The first-order chi connectivity index (χ1) is 13.6. The highest BCUT2D eigenvalue weighted by Gasteiger charge is 2.15. The third kappa shape index (κ3) is 18.0. The van der Waals surface area contributed by atoms with Crippen molar-refractivity contribution in [2.45, 2.75) is 168 Å². The van der Waals surface area contributed by atoms with Gasteiger partial charge in [-0.3, -0.25) is 0 Å². The Hall–Kier alpha value is -0.0800. The van der Waals surface area contributed by atoms with Crippen LogP contribution in [0.15, 0.2) is 0 Å². The zero-order valence-electron chi connectivity index (χ0n) is 20.2. The molecule has 2 heteroatoms. The average Bonchev–Trinajstić information content (AvgIpc) is 2.70. The highest BCUT2D eigenvalue weighted by Crippen LogP contribution is 2.12. The van der Waals surface area contributed by atoms with Crippen LogP contribution in [0, 0.1) is 5.21 Å². The van der Waals surface area contributed by atoms with Crippen molar-refractivity contribution in [2.75, 3.05) is 0 Å². The largest absolute Gasteiger partial charge is 0.634 e. The van der Waals surface area contributed by atoms with Gasteiger partial charge >= 0.3 is 0 Å². The topological polar surface area (TPSA) is 27.5 Å². The summed E-state index contributed by atoms with van der Waals surface area (Å²) in [6.07, 6.45) is 26.8. The second kappa shape index (κ2) is 21.6. The van der Waals surface area contributed by atoms with E-state index >= 15 is 0 Å². The summed E-state index contributed by atoms with van der Waals surface area (Å²) in [7, 11) is 0. The Balaban J connectivity index is 3.49. The van der Waals surface area contributed by atoms with Crippen molar-refractivity contribution in [1.82, 2.24) is 0 Å². The van der Waals surface area contributed by atoms with Crippen LogP contribution in [-0.4, -0.2) is 12.1 Å². The molecule has 1 N–H and O–H groups in total. The van der Waals surface area contributed by atoms with E-state index in [2.05, 4.69) is 27.7 Å². The SMILES string of the molecule is CCCCCCCCCCCC(C)[NH+]([O-])C(C)CCCCCCCCCCC. The number of hydrogen-bond acceptors (Lipinski definition) is 1. The minimum Gasteiger partial charge on any atom is -0.634 e. The Kier molecular flexibility index (Phi) is 21.6. The van der Waals surface area contributed by atoms with Gasteiger partial charge in [0.15, 0.2) is 0 Å². The zero-order chi connectivity index (χ0) is 20.9. The number of rotatable bonds is 22. The summed E-state index contributed by atoms with van der Waals surface area (Å²) in [6, 6.07) is 0.552. The molecule has 2 nitrogen and oxygen atoms in total. The maximum Gasteiger partial charge on any atom is 0.0845 e. The van der Waals surface area contributed by atoms with Crippen LogP contribution in [0.5, 0.6) is 0 Å². The van der Waals surface area contributed by atoms with Crippen molar-refractivity contribution in [3.63, 3.8) is 0 Å². The molecular weight excluding hydrogens is 342 g/mol. The summed E-state index contributed by atoms with van der Waals surface area (Å²) >= 11 is 0. The van der Waals surface area contributed by atoms with Crippen molar-refractivity contribution in [2.24, 2.45) is 0 Å². The van der Waals surface area contributed by atoms with Gasteiger partial charge in [0, 0.05) is 0 Å². The molecule has 28 heavy (non-hydrogen) atoms. The van der Waals surface area contributed by atoms with Crippen LogP contribution in [0.3, 0.4) is 0 Å². The van der Waals surface area contributed by atoms with Crippen LogP contribution in [-0.2, 0) is 0 Å². The Bertz CT molecular complexity index is 266. The maximum absolute atomic E-state index is 12.6. The zero-order valence-corrected chi connectivity index (χ0v) is 20.2. The van der Waals surface area contributed by atoms with Crippen molar-refractivity contribution in [1.29, 1.82) is 0 Å². The van der Waals surface area contributed by atoms with Gasteiger partial charge < -0.3 is 10.3 Å². The lowest BCUT2D eigenvalue weighted by atomic mass is 10.0. The Morgan fingerprint density at radius 3 is 1.00 bits per heavy atom. The molecule has 0 aliphatic rings. The summed E-state index contributed by atoms with van der Waals surface area (Å²) in [5, 5.41) is 13.1. The van der Waals surface area contributed by atoms with Crippen LogP contribution in [0.1, 0.15) is 156 Å². The molecule has 2 unspecified atom stereocenters. The van der Waals surface area contributed by atoms with Crippen molar-refractivity contribution >= 4 is 0 Å². The van der Waals surface area contributed by atoms with E-state index in [9.17, 15) is 5.21 Å². The van der Waals surface area contributed by atoms with Crippen LogP contribution in [0.2, 0.25) is 0 Å². The molecule has 170 valence electrons. The highest BCUT2D eigenvalue weighted by atomic mass is 16.5. The summed E-state index contributed by atoms with van der Waals surface area (Å²) in [5.74, 6) is 0. The smallest absolute Gasteiger partial charge is 0.0845 e. The molecule has 0 rings (SSSR count). The van der Waals surface area contributed by atoms with Crippen LogP contribution in [0.25, 0.3) is 0 Å². The van der Waals surface area contributed by atoms with Gasteiger partial charge in [-0.05, 0) is 39.5 Å². The fourth-order valence-corrected chi connectivity index (χ4v) is 4.29. The van der Waals surface area contributed by atoms with Gasteiger partial charge in [-0.2, -0.15) is 0 Å². The molecular formula is C26H55NO. The Morgan fingerprint density at radius 2 is 0.714 bits per heavy atom. The molecule has 0 aromatic rings. The number of hydrogen-bond donors (Lipinski definition) is 1. The predicted molar refractivity (Wildman–Crippen MR) is 127 cm³/mol. The van der Waals surface area contributed by atoms with Gasteiger partial charge in [-0.1, -0.05) is 117 Å². The van der Waals surface area contributed by atoms with E-state index in [0.717, 1.165) is 12.8 Å². The molecule has 0 aliphatic heterocycles. The number of nitrogens with one attached hydrogen (secondary N) is 1. The molecule has 0 fully saturated rings. The molecule has 0 radical (unpaired) electrons. The number of unbranched alkanes of at least 4 members (excludes halogenated alkanes) is 16. The molecule has 0 heterocycles. The maximum atomic E-state index is 12.6. The van der Waals surface area contributed by atoms with Gasteiger partial charge in [0.05, 0.1) is 12.1 Å². The normalized spacial score (nSPS) is 14.9. The average molecular weight is 398 g/mol. The molecule has 0 amide bonds. The van der Waals surface area contributed by atoms with Crippen molar-refractivity contribution in [3.05, 3.63) is 5.21 Å². The fourth-order valence-electron chi connectivity index (χ4n) is 4.29. The first-order valence-corrected chi connectivity index (χ1v) is 13.2. The van der Waals surface area contributed by atoms with Crippen LogP contribution < -0.4 is 5.06 Å². The summed E-state index contributed by atoms with van der Waals surface area (Å²) < 4.78 is 0. The summed E-state index contributed by atoms with van der Waals surface area (Å²) in [5.41, 5.74) is 0. The molecule has 0 saturated heterocycles. The predicted octanol–water partition coefficient (Wildman–Crippen LogP) is 7.99. The van der Waals surface area contributed by atoms with Gasteiger partial charge in [0.2, 0.25) is 0 Å². The Labute approximate surface area is 178 Å². The van der Waals surface area contributed by atoms with E-state index in [4.69, 9.17) is 0 Å². The first kappa shape index (κ1) is 27.9. The van der Waals surface area contributed by atoms with Gasteiger partial charge in [0.25, 0.3) is 0 Å². The lowest BCUT2D eigenvalue weighted by Crippen LogP contribution is -3.14. The number of hydroxylamine groups is 2. The lowest BCUT2D eigenvalue weighted by Gasteiger charge is -2.35.